The highest BCUT2D eigenvalue weighted by molar-refractivity contribution is 5.94. The molecule has 8 heteroatoms. The molecule has 1 aromatic carbocycles. The third-order valence-electron chi connectivity index (χ3n) is 5.89. The number of nitrogens with zero attached hydrogens (tertiary/aromatic N) is 4. The summed E-state index contributed by atoms with van der Waals surface area (Å²) in [7, 11) is 0. The zero-order valence-corrected chi connectivity index (χ0v) is 18.8. The lowest BCUT2D eigenvalue weighted by atomic mass is 10.1. The Morgan fingerprint density at radius 1 is 1.12 bits per heavy atom. The second-order valence-electron chi connectivity index (χ2n) is 8.30. The summed E-state index contributed by atoms with van der Waals surface area (Å²) in [6.45, 7) is 2.24. The molecule has 1 aliphatic carbocycles. The second kappa shape index (κ2) is 9.05. The number of amides is 1. The molecule has 0 spiro atoms. The third kappa shape index (κ3) is 4.14. The van der Waals surface area contributed by atoms with Gasteiger partial charge in [-0.1, -0.05) is 36.4 Å². The molecule has 34 heavy (non-hydrogen) atoms. The molecule has 0 N–H and O–H groups in total. The number of ether oxygens (including phenoxy) is 1. The predicted octanol–water partition coefficient (Wildman–Crippen LogP) is 2.91. The quantitative estimate of drug-likeness (QED) is 0.328. The normalized spacial score (nSPS) is 14.0. The molecule has 0 unspecified atom stereocenters. The predicted molar refractivity (Wildman–Crippen MR) is 126 cm³/mol. The first-order valence-corrected chi connectivity index (χ1v) is 11.4. The van der Waals surface area contributed by atoms with Gasteiger partial charge in [-0.15, -0.1) is 0 Å². The van der Waals surface area contributed by atoms with Crippen LogP contribution in [0, 0.1) is 5.92 Å². The fourth-order valence-corrected chi connectivity index (χ4v) is 3.98. The lowest BCUT2D eigenvalue weighted by Crippen LogP contribution is -2.33. The number of aromatic nitrogens is 3. The summed E-state index contributed by atoms with van der Waals surface area (Å²) in [4.78, 5) is 48.1. The first-order chi connectivity index (χ1) is 16.6. The van der Waals surface area contributed by atoms with E-state index in [1.807, 2.05) is 30.3 Å². The van der Waals surface area contributed by atoms with Gasteiger partial charge in [-0.25, -0.2) is 9.78 Å². The lowest BCUT2D eigenvalue weighted by molar-refractivity contribution is -0.119. The molecule has 3 heterocycles. The number of carbonyl (C=O) groups excluding carboxylic acids is 2. The maximum atomic E-state index is 13.4. The van der Waals surface area contributed by atoms with Gasteiger partial charge in [-0.2, -0.15) is 4.99 Å². The van der Waals surface area contributed by atoms with Crippen molar-refractivity contribution in [2.75, 3.05) is 6.61 Å². The number of hydrogen-bond donors (Lipinski definition) is 0. The van der Waals surface area contributed by atoms with E-state index >= 15 is 0 Å². The van der Waals surface area contributed by atoms with E-state index in [2.05, 4.69) is 4.99 Å². The molecule has 3 aromatic heterocycles. The molecule has 5 rings (SSSR count). The van der Waals surface area contributed by atoms with Crippen LogP contribution in [0.2, 0.25) is 0 Å². The minimum absolute atomic E-state index is 0.0891. The number of rotatable bonds is 6. The Bertz CT molecular complexity index is 1530. The van der Waals surface area contributed by atoms with Crippen molar-refractivity contribution < 1.29 is 14.3 Å². The molecule has 0 bridgehead atoms. The number of fused-ring (bicyclic) bond motifs is 2. The summed E-state index contributed by atoms with van der Waals surface area (Å²) in [6, 6.07) is 16.6. The van der Waals surface area contributed by atoms with Crippen LogP contribution >= 0.6 is 0 Å². The molecule has 1 amide bonds. The number of aryl methyl sites for hydroxylation is 2. The molecular formula is C26H24N4O4. The smallest absolute Gasteiger partial charge is 0.341 e. The molecule has 0 atom stereocenters. The van der Waals surface area contributed by atoms with Gasteiger partial charge in [0.1, 0.15) is 16.9 Å². The topological polar surface area (TPSA) is 95.0 Å². The molecule has 1 aliphatic rings. The molecule has 4 aromatic rings. The lowest BCUT2D eigenvalue weighted by Gasteiger charge is -2.15. The number of hydrogen-bond acceptors (Lipinski definition) is 5. The average molecular weight is 457 g/mol. The van der Waals surface area contributed by atoms with E-state index in [4.69, 9.17) is 9.72 Å². The average Bonchev–Trinajstić information content (AvgIpc) is 3.70. The van der Waals surface area contributed by atoms with E-state index < -0.39 is 5.97 Å². The van der Waals surface area contributed by atoms with Crippen LogP contribution in [0.4, 0.5) is 0 Å². The van der Waals surface area contributed by atoms with Crippen LogP contribution in [-0.2, 0) is 22.5 Å². The van der Waals surface area contributed by atoms with Crippen molar-refractivity contribution in [2.24, 2.45) is 10.9 Å². The summed E-state index contributed by atoms with van der Waals surface area (Å²) < 4.78 is 8.41. The number of esters is 1. The van der Waals surface area contributed by atoms with Crippen molar-refractivity contribution in [2.45, 2.75) is 32.7 Å². The van der Waals surface area contributed by atoms with E-state index in [0.29, 0.717) is 24.3 Å². The van der Waals surface area contributed by atoms with Gasteiger partial charge >= 0.3 is 5.97 Å². The van der Waals surface area contributed by atoms with Gasteiger partial charge in [-0.3, -0.25) is 14.0 Å². The van der Waals surface area contributed by atoms with Crippen molar-refractivity contribution in [3.05, 3.63) is 87.8 Å². The van der Waals surface area contributed by atoms with Crippen LogP contribution in [0.3, 0.4) is 0 Å². The van der Waals surface area contributed by atoms with Crippen molar-refractivity contribution in [3.8, 4) is 0 Å². The monoisotopic (exact) mass is 456 g/mol. The number of pyridine rings is 2. The van der Waals surface area contributed by atoms with Gasteiger partial charge in [0, 0.05) is 18.7 Å². The number of carbonyl (C=O) groups is 2. The Hall–Kier alpha value is -4.07. The highest BCUT2D eigenvalue weighted by Gasteiger charge is 2.30. The van der Waals surface area contributed by atoms with E-state index in [1.165, 1.54) is 10.5 Å². The van der Waals surface area contributed by atoms with Crippen molar-refractivity contribution in [1.82, 2.24) is 14.0 Å². The van der Waals surface area contributed by atoms with Crippen molar-refractivity contribution in [3.63, 3.8) is 0 Å². The minimum Gasteiger partial charge on any atom is -0.462 e. The highest BCUT2D eigenvalue weighted by Crippen LogP contribution is 2.30. The van der Waals surface area contributed by atoms with E-state index in [1.54, 1.807) is 35.9 Å². The summed E-state index contributed by atoms with van der Waals surface area (Å²) in [5.41, 5.74) is 1.89. The summed E-state index contributed by atoms with van der Waals surface area (Å²) in [5, 5.41) is 0.262. The Balaban J connectivity index is 1.82. The van der Waals surface area contributed by atoms with Crippen LogP contribution in [0.5, 0.6) is 0 Å². The standard InChI is InChI=1S/C26H24N4O4/c1-2-34-26(33)20-16-19-22(27-21-10-6-7-14-29(21)25(19)32)30(15-13-17-8-4-3-5-9-17)23(20)28-24(31)18-11-12-18/h3-10,14,16,18H,2,11-13,15H2,1H3. The molecule has 0 aliphatic heterocycles. The molecule has 1 fully saturated rings. The van der Waals surface area contributed by atoms with Gasteiger partial charge in [0.2, 0.25) is 0 Å². The minimum atomic E-state index is -0.627. The zero-order chi connectivity index (χ0) is 23.7. The first-order valence-electron chi connectivity index (χ1n) is 11.4. The van der Waals surface area contributed by atoms with Crippen LogP contribution in [0.15, 0.2) is 70.6 Å². The molecule has 1 saturated carbocycles. The molecule has 172 valence electrons. The van der Waals surface area contributed by atoms with E-state index in [9.17, 15) is 14.4 Å². The molecule has 8 nitrogen and oxygen atoms in total. The number of benzene rings is 1. The summed E-state index contributed by atoms with van der Waals surface area (Å²) >= 11 is 0. The van der Waals surface area contributed by atoms with Gasteiger partial charge in [0.05, 0.1) is 12.0 Å². The SMILES string of the molecule is CCOC(=O)c1cc2c(=O)n3ccccc3nc2n(CCc2ccccc2)c1=NC(=O)C1CC1. The highest BCUT2D eigenvalue weighted by atomic mass is 16.5. The molecule has 0 saturated heterocycles. The first kappa shape index (κ1) is 21.8. The molecule has 0 radical (unpaired) electrons. The fourth-order valence-electron chi connectivity index (χ4n) is 3.98. The maximum absolute atomic E-state index is 13.4. The van der Waals surface area contributed by atoms with Crippen molar-refractivity contribution >= 4 is 28.6 Å². The largest absolute Gasteiger partial charge is 0.462 e. The Labute approximate surface area is 195 Å². The van der Waals surface area contributed by atoms with Gasteiger partial charge < -0.3 is 9.30 Å². The van der Waals surface area contributed by atoms with Crippen molar-refractivity contribution in [1.29, 1.82) is 0 Å². The Kier molecular flexibility index (Phi) is 5.79. The summed E-state index contributed by atoms with van der Waals surface area (Å²) in [5.74, 6) is -1.02. The van der Waals surface area contributed by atoms with Crippen LogP contribution in [0.25, 0.3) is 16.7 Å². The van der Waals surface area contributed by atoms with Crippen LogP contribution in [-0.4, -0.2) is 32.4 Å². The van der Waals surface area contributed by atoms with Crippen LogP contribution < -0.4 is 11.0 Å². The Morgan fingerprint density at radius 3 is 2.62 bits per heavy atom. The van der Waals surface area contributed by atoms with E-state index in [-0.39, 0.29) is 40.4 Å². The van der Waals surface area contributed by atoms with Gasteiger partial charge in [0.25, 0.3) is 11.5 Å². The van der Waals surface area contributed by atoms with Gasteiger partial charge in [0.15, 0.2) is 5.49 Å². The van der Waals surface area contributed by atoms with Crippen LogP contribution in [0.1, 0.15) is 35.7 Å². The van der Waals surface area contributed by atoms with Gasteiger partial charge in [-0.05, 0) is 49.9 Å². The Morgan fingerprint density at radius 2 is 1.88 bits per heavy atom. The summed E-state index contributed by atoms with van der Waals surface area (Å²) in [6.07, 6.45) is 3.82. The third-order valence-corrected chi connectivity index (χ3v) is 5.89. The maximum Gasteiger partial charge on any atom is 0.341 e. The van der Waals surface area contributed by atoms with E-state index in [0.717, 1.165) is 18.4 Å². The molecular weight excluding hydrogens is 432 g/mol. The zero-order valence-electron chi connectivity index (χ0n) is 18.8. The second-order valence-corrected chi connectivity index (χ2v) is 8.30. The fraction of sp³-hybridized carbons (Fsp3) is 0.269.